The van der Waals surface area contributed by atoms with Crippen LogP contribution in [0.5, 0.6) is 0 Å². The Bertz CT molecular complexity index is 934. The quantitative estimate of drug-likeness (QED) is 0.734. The minimum atomic E-state index is -3.92. The maximum atomic E-state index is 11.7. The van der Waals surface area contributed by atoms with Crippen molar-refractivity contribution in [3.05, 3.63) is 56.9 Å². The van der Waals surface area contributed by atoms with Crippen LogP contribution in [0.4, 0.5) is 0 Å². The molecule has 0 saturated heterocycles. The molecule has 0 spiro atoms. The predicted molar refractivity (Wildman–Crippen MR) is 68.7 cm³/mol. The Labute approximate surface area is 112 Å². The van der Waals surface area contributed by atoms with Gasteiger partial charge in [0.15, 0.2) is 0 Å². The molecule has 1 heterocycles. The second-order valence-electron chi connectivity index (χ2n) is 3.83. The molecular weight excluding hydrogens is 284 g/mol. The largest absolute Gasteiger partial charge is 0.332 e. The van der Waals surface area contributed by atoms with Crippen LogP contribution in [0.25, 0.3) is 5.69 Å². The van der Waals surface area contributed by atoms with Crippen molar-refractivity contribution in [2.24, 2.45) is 5.14 Å². The first-order valence-corrected chi connectivity index (χ1v) is 6.77. The summed E-state index contributed by atoms with van der Waals surface area (Å²) in [6, 6.07) is 6.89. The summed E-state index contributed by atoms with van der Waals surface area (Å²) >= 11 is 0. The highest BCUT2D eigenvalue weighted by molar-refractivity contribution is 7.89. The van der Waals surface area contributed by atoms with Gasteiger partial charge in [-0.25, -0.2) is 18.4 Å². The lowest BCUT2D eigenvalue weighted by atomic mass is 10.3. The van der Waals surface area contributed by atoms with Crippen LogP contribution in [0.1, 0.15) is 5.56 Å². The molecule has 0 amide bonds. The fourth-order valence-electron chi connectivity index (χ4n) is 1.55. The number of benzene rings is 1. The van der Waals surface area contributed by atoms with Crippen molar-refractivity contribution in [3.8, 4) is 11.8 Å². The first-order valence-electron chi connectivity index (χ1n) is 5.22. The van der Waals surface area contributed by atoms with Gasteiger partial charge in [0.1, 0.15) is 11.6 Å². The Balaban J connectivity index is 2.73. The average molecular weight is 292 g/mol. The molecule has 0 unspecified atom stereocenters. The fourth-order valence-corrected chi connectivity index (χ4v) is 2.11. The predicted octanol–water partition coefficient (Wildman–Crippen LogP) is -0.955. The van der Waals surface area contributed by atoms with E-state index in [1.54, 1.807) is 6.07 Å². The number of nitrogens with one attached hydrogen (secondary N) is 1. The van der Waals surface area contributed by atoms with Crippen LogP contribution in [0, 0.1) is 11.3 Å². The van der Waals surface area contributed by atoms with Crippen molar-refractivity contribution >= 4 is 10.0 Å². The van der Waals surface area contributed by atoms with Gasteiger partial charge in [-0.1, -0.05) is 6.07 Å². The van der Waals surface area contributed by atoms with E-state index in [0.29, 0.717) is 0 Å². The normalized spacial score (nSPS) is 11.0. The number of sulfonamides is 1. The van der Waals surface area contributed by atoms with Gasteiger partial charge in [0.2, 0.25) is 10.0 Å². The maximum Gasteiger partial charge on any atom is 0.332 e. The zero-order valence-corrected chi connectivity index (χ0v) is 10.7. The SMILES string of the molecule is N#Cc1cn(-c2cccc(S(N)(=O)=O)c2)c(=O)[nH]c1=O. The summed E-state index contributed by atoms with van der Waals surface area (Å²) in [7, 11) is -3.92. The van der Waals surface area contributed by atoms with Gasteiger partial charge in [-0.3, -0.25) is 14.3 Å². The first kappa shape index (κ1) is 13.7. The highest BCUT2D eigenvalue weighted by Crippen LogP contribution is 2.12. The molecule has 0 aliphatic heterocycles. The molecule has 1 aromatic carbocycles. The minimum absolute atomic E-state index is 0.161. The number of hydrogen-bond acceptors (Lipinski definition) is 5. The summed E-state index contributed by atoms with van der Waals surface area (Å²) in [4.78, 5) is 24.7. The number of aromatic nitrogens is 2. The molecule has 1 aromatic heterocycles. The van der Waals surface area contributed by atoms with E-state index in [1.165, 1.54) is 18.2 Å². The highest BCUT2D eigenvalue weighted by Gasteiger charge is 2.11. The summed E-state index contributed by atoms with van der Waals surface area (Å²) < 4.78 is 23.5. The Morgan fingerprint density at radius 3 is 2.60 bits per heavy atom. The third-order valence-corrected chi connectivity index (χ3v) is 3.40. The lowest BCUT2D eigenvalue weighted by Crippen LogP contribution is -2.30. The number of hydrogen-bond donors (Lipinski definition) is 2. The molecule has 0 aliphatic rings. The maximum absolute atomic E-state index is 11.7. The smallest absolute Gasteiger partial charge is 0.273 e. The topological polar surface area (TPSA) is 139 Å². The van der Waals surface area contributed by atoms with E-state index in [1.807, 2.05) is 4.98 Å². The second kappa shape index (κ2) is 4.76. The van der Waals surface area contributed by atoms with Crippen molar-refractivity contribution in [1.82, 2.24) is 9.55 Å². The summed E-state index contributed by atoms with van der Waals surface area (Å²) in [6.45, 7) is 0. The molecule has 102 valence electrons. The summed E-state index contributed by atoms with van der Waals surface area (Å²) in [5.41, 5.74) is -1.71. The molecule has 0 aliphatic carbocycles. The van der Waals surface area contributed by atoms with Crippen molar-refractivity contribution < 1.29 is 8.42 Å². The van der Waals surface area contributed by atoms with Crippen LogP contribution < -0.4 is 16.4 Å². The lowest BCUT2D eigenvalue weighted by molar-refractivity contribution is 0.597. The third-order valence-electron chi connectivity index (χ3n) is 2.49. The summed E-state index contributed by atoms with van der Waals surface area (Å²) in [6.07, 6.45) is 1.03. The van der Waals surface area contributed by atoms with Crippen molar-refractivity contribution in [2.75, 3.05) is 0 Å². The number of nitrogens with two attached hydrogens (primary N) is 1. The lowest BCUT2D eigenvalue weighted by Gasteiger charge is -2.06. The third kappa shape index (κ3) is 2.51. The second-order valence-corrected chi connectivity index (χ2v) is 5.39. The van der Waals surface area contributed by atoms with Crippen LogP contribution in [0.15, 0.2) is 44.9 Å². The van der Waals surface area contributed by atoms with E-state index in [0.717, 1.165) is 16.8 Å². The van der Waals surface area contributed by atoms with Gasteiger partial charge in [0.05, 0.1) is 10.6 Å². The molecule has 3 N–H and O–H groups in total. The molecule has 0 fully saturated rings. The molecular formula is C11H8N4O4S. The van der Waals surface area contributed by atoms with E-state index < -0.39 is 21.3 Å². The Morgan fingerprint density at radius 2 is 2.00 bits per heavy atom. The highest BCUT2D eigenvalue weighted by atomic mass is 32.2. The van der Waals surface area contributed by atoms with E-state index in [9.17, 15) is 18.0 Å². The van der Waals surface area contributed by atoms with E-state index in [4.69, 9.17) is 10.4 Å². The van der Waals surface area contributed by atoms with Gasteiger partial charge < -0.3 is 0 Å². The molecule has 2 aromatic rings. The van der Waals surface area contributed by atoms with Gasteiger partial charge in [-0.15, -0.1) is 0 Å². The van der Waals surface area contributed by atoms with Gasteiger partial charge in [0, 0.05) is 6.20 Å². The van der Waals surface area contributed by atoms with Gasteiger partial charge in [-0.05, 0) is 18.2 Å². The number of nitriles is 1. The monoisotopic (exact) mass is 292 g/mol. The molecule has 20 heavy (non-hydrogen) atoms. The molecule has 8 nitrogen and oxygen atoms in total. The van der Waals surface area contributed by atoms with Crippen molar-refractivity contribution in [3.63, 3.8) is 0 Å². The number of rotatable bonds is 2. The Hall–Kier alpha value is -2.70. The first-order chi connectivity index (χ1) is 9.32. The van der Waals surface area contributed by atoms with Gasteiger partial charge in [0.25, 0.3) is 5.56 Å². The zero-order chi connectivity index (χ0) is 14.9. The molecule has 9 heteroatoms. The molecule has 2 rings (SSSR count). The van der Waals surface area contributed by atoms with Gasteiger partial charge >= 0.3 is 5.69 Å². The molecule has 0 bridgehead atoms. The van der Waals surface area contributed by atoms with Crippen molar-refractivity contribution in [1.29, 1.82) is 5.26 Å². The summed E-state index contributed by atoms with van der Waals surface area (Å²) in [5.74, 6) is 0. The van der Waals surface area contributed by atoms with Crippen LogP contribution in [0.2, 0.25) is 0 Å². The molecule has 0 saturated carbocycles. The number of H-pyrrole nitrogens is 1. The summed E-state index contributed by atoms with van der Waals surface area (Å²) in [5, 5.41) is 13.8. The zero-order valence-electron chi connectivity index (χ0n) is 9.90. The molecule has 0 atom stereocenters. The van der Waals surface area contributed by atoms with E-state index in [2.05, 4.69) is 0 Å². The van der Waals surface area contributed by atoms with Crippen LogP contribution in [-0.4, -0.2) is 18.0 Å². The van der Waals surface area contributed by atoms with E-state index in [-0.39, 0.29) is 16.1 Å². The number of aromatic amines is 1. The fraction of sp³-hybridized carbons (Fsp3) is 0. The standard InChI is InChI=1S/C11H8N4O4S/c12-5-7-6-15(11(17)14-10(7)16)8-2-1-3-9(4-8)20(13,18)19/h1-4,6H,(H2,13,18,19)(H,14,16,17). The Morgan fingerprint density at radius 1 is 1.30 bits per heavy atom. The van der Waals surface area contributed by atoms with Crippen LogP contribution in [-0.2, 0) is 10.0 Å². The van der Waals surface area contributed by atoms with E-state index >= 15 is 0 Å². The average Bonchev–Trinajstić information content (AvgIpc) is 2.38. The number of nitrogens with zero attached hydrogens (tertiary/aromatic N) is 2. The number of primary sulfonamides is 1. The van der Waals surface area contributed by atoms with Crippen molar-refractivity contribution in [2.45, 2.75) is 4.90 Å². The van der Waals surface area contributed by atoms with Crippen LogP contribution >= 0.6 is 0 Å². The van der Waals surface area contributed by atoms with Gasteiger partial charge in [-0.2, -0.15) is 5.26 Å². The van der Waals surface area contributed by atoms with Crippen LogP contribution in [0.3, 0.4) is 0 Å². The minimum Gasteiger partial charge on any atom is -0.273 e. The Kier molecular flexibility index (Phi) is 3.27. The molecule has 0 radical (unpaired) electrons.